The standard InChI is InChI=1S/C27H31IN2O4S/c1-3-26(33)13-17-14-27(28,25(32)34-2)24-19(10-11-30(15-17)16-26)20-12-18(8-9-21(20)29-24)35-23-7-5-4-6-22(23)31/h4-9,12,17,29,31,33H,3,10-11,13-16H2,1-2H3/t17-,26+,27+/m1/s1. The predicted octanol–water partition coefficient (Wildman–Crippen LogP) is 5.24. The molecule has 3 N–H and O–H groups in total. The van der Waals surface area contributed by atoms with Gasteiger partial charge in [0.1, 0.15) is 5.75 Å². The van der Waals surface area contributed by atoms with Crippen LogP contribution in [0.25, 0.3) is 10.9 Å². The number of ether oxygens (including phenoxy) is 1. The molecule has 1 saturated heterocycles. The van der Waals surface area contributed by atoms with Crippen LogP contribution in [0, 0.1) is 5.92 Å². The van der Waals surface area contributed by atoms with Crippen LogP contribution >= 0.6 is 34.4 Å². The molecule has 2 aliphatic heterocycles. The number of para-hydroxylation sites is 1. The number of hydrogen-bond acceptors (Lipinski definition) is 6. The molecule has 0 spiro atoms. The predicted molar refractivity (Wildman–Crippen MR) is 146 cm³/mol. The highest BCUT2D eigenvalue weighted by atomic mass is 127. The molecule has 2 bridgehead atoms. The minimum atomic E-state index is -0.863. The van der Waals surface area contributed by atoms with Gasteiger partial charge < -0.3 is 19.9 Å². The number of carbonyl (C=O) groups excluding carboxylic acids is 1. The van der Waals surface area contributed by atoms with Gasteiger partial charge in [-0.2, -0.15) is 0 Å². The number of nitrogens with zero attached hydrogens (tertiary/aromatic N) is 1. The molecule has 35 heavy (non-hydrogen) atoms. The number of phenolic OH excluding ortho intramolecular Hbond substituents is 1. The third-order valence-corrected chi connectivity index (χ3v) is 9.96. The number of piperidine rings is 1. The molecule has 2 aromatic carbocycles. The van der Waals surface area contributed by atoms with Gasteiger partial charge in [0.25, 0.3) is 0 Å². The van der Waals surface area contributed by atoms with E-state index in [0.29, 0.717) is 25.8 Å². The van der Waals surface area contributed by atoms with Gasteiger partial charge in [0.15, 0.2) is 3.42 Å². The van der Waals surface area contributed by atoms with Crippen molar-refractivity contribution < 1.29 is 19.7 Å². The van der Waals surface area contributed by atoms with E-state index in [1.165, 1.54) is 18.9 Å². The number of rotatable bonds is 4. The first-order chi connectivity index (χ1) is 16.7. The zero-order valence-corrected chi connectivity index (χ0v) is 23.0. The van der Waals surface area contributed by atoms with Gasteiger partial charge in [-0.1, -0.05) is 53.4 Å². The maximum Gasteiger partial charge on any atom is 0.327 e. The molecule has 3 aromatic rings. The van der Waals surface area contributed by atoms with Crippen molar-refractivity contribution in [3.63, 3.8) is 0 Å². The first kappa shape index (κ1) is 24.9. The largest absolute Gasteiger partial charge is 0.507 e. The Balaban J connectivity index is 1.60. The maximum absolute atomic E-state index is 13.3. The van der Waals surface area contributed by atoms with E-state index in [2.05, 4.69) is 44.6 Å². The van der Waals surface area contributed by atoms with Crippen molar-refractivity contribution in [2.24, 2.45) is 5.92 Å². The molecule has 3 heterocycles. The fourth-order valence-corrected chi connectivity index (χ4v) is 7.94. The van der Waals surface area contributed by atoms with E-state index < -0.39 is 9.02 Å². The van der Waals surface area contributed by atoms with Gasteiger partial charge in [-0.25, -0.2) is 0 Å². The van der Waals surface area contributed by atoms with Crippen LogP contribution < -0.4 is 0 Å². The summed E-state index contributed by atoms with van der Waals surface area (Å²) in [6.45, 7) is 4.40. The summed E-state index contributed by atoms with van der Waals surface area (Å²) in [5, 5.41) is 22.5. The first-order valence-corrected chi connectivity index (χ1v) is 14.0. The number of aromatic nitrogens is 1. The van der Waals surface area contributed by atoms with E-state index in [1.807, 2.05) is 31.2 Å². The average molecular weight is 607 g/mol. The van der Waals surface area contributed by atoms with E-state index in [0.717, 1.165) is 51.5 Å². The fourth-order valence-electron chi connectivity index (χ4n) is 5.75. The molecule has 186 valence electrons. The van der Waals surface area contributed by atoms with Crippen molar-refractivity contribution in [3.8, 4) is 5.75 Å². The topological polar surface area (TPSA) is 85.8 Å². The Hall–Kier alpha value is -1.75. The summed E-state index contributed by atoms with van der Waals surface area (Å²) in [4.78, 5) is 21.1. The SMILES string of the molecule is CC[C@]1(O)C[C@H]2CN(CCc3c([nH]c4ccc(Sc5ccccc5O)cc34)[C@](I)(C(=O)OC)C2)C1. The van der Waals surface area contributed by atoms with Crippen LogP contribution in [0.2, 0.25) is 0 Å². The molecule has 6 nitrogen and oxygen atoms in total. The molecule has 2 aliphatic rings. The Kier molecular flexibility index (Phi) is 6.84. The fraction of sp³-hybridized carbons (Fsp3) is 0.444. The van der Waals surface area contributed by atoms with Crippen LogP contribution in [-0.4, -0.2) is 58.4 Å². The monoisotopic (exact) mass is 606 g/mol. The van der Waals surface area contributed by atoms with E-state index in [1.54, 1.807) is 6.07 Å². The summed E-state index contributed by atoms with van der Waals surface area (Å²) in [5.41, 5.74) is 2.32. The third kappa shape index (κ3) is 4.70. The smallest absolute Gasteiger partial charge is 0.327 e. The van der Waals surface area contributed by atoms with Crippen molar-refractivity contribution in [3.05, 3.63) is 53.7 Å². The Morgan fingerprint density at radius 3 is 2.83 bits per heavy atom. The van der Waals surface area contributed by atoms with Crippen LogP contribution in [0.4, 0.5) is 0 Å². The number of alkyl halides is 1. The molecule has 0 saturated carbocycles. The van der Waals surface area contributed by atoms with Crippen molar-refractivity contribution >= 4 is 51.2 Å². The van der Waals surface area contributed by atoms with Gasteiger partial charge in [-0.15, -0.1) is 0 Å². The number of fused-ring (bicyclic) bond motifs is 5. The molecule has 1 aromatic heterocycles. The highest BCUT2D eigenvalue weighted by molar-refractivity contribution is 14.1. The summed E-state index contributed by atoms with van der Waals surface area (Å²) in [6.07, 6.45) is 2.78. The number of esters is 1. The number of aromatic amines is 1. The molecular weight excluding hydrogens is 575 g/mol. The zero-order valence-electron chi connectivity index (χ0n) is 20.0. The molecule has 0 aliphatic carbocycles. The van der Waals surface area contributed by atoms with Gasteiger partial charge in [0.2, 0.25) is 0 Å². The molecule has 4 atom stereocenters. The lowest BCUT2D eigenvalue weighted by Gasteiger charge is -2.44. The number of methoxy groups -OCH3 is 1. The minimum Gasteiger partial charge on any atom is -0.507 e. The quantitative estimate of drug-likeness (QED) is 0.214. The lowest BCUT2D eigenvalue weighted by molar-refractivity contribution is -0.144. The molecule has 8 heteroatoms. The summed E-state index contributed by atoms with van der Waals surface area (Å²) in [6, 6.07) is 13.6. The van der Waals surface area contributed by atoms with Crippen molar-refractivity contribution in [1.82, 2.24) is 9.88 Å². The summed E-state index contributed by atoms with van der Waals surface area (Å²) in [7, 11) is 1.45. The molecule has 1 unspecified atom stereocenters. The lowest BCUT2D eigenvalue weighted by Crippen LogP contribution is -2.52. The number of H-pyrrole nitrogens is 1. The van der Waals surface area contributed by atoms with E-state index in [9.17, 15) is 15.0 Å². The molecular formula is C27H31IN2O4S. The first-order valence-electron chi connectivity index (χ1n) is 12.1. The Bertz CT molecular complexity index is 1260. The number of halogens is 1. The Morgan fingerprint density at radius 2 is 2.09 bits per heavy atom. The van der Waals surface area contributed by atoms with Crippen LogP contribution in [0.15, 0.2) is 52.3 Å². The Labute approximate surface area is 223 Å². The number of nitrogens with one attached hydrogen (secondary N) is 1. The second-order valence-corrected chi connectivity index (χ2v) is 12.8. The van der Waals surface area contributed by atoms with Gasteiger partial charge in [-0.05, 0) is 67.5 Å². The second kappa shape index (κ2) is 9.61. The number of hydrogen-bond donors (Lipinski definition) is 3. The van der Waals surface area contributed by atoms with E-state index in [4.69, 9.17) is 4.74 Å². The number of aliphatic hydroxyl groups is 1. The number of carbonyl (C=O) groups is 1. The molecule has 1 fully saturated rings. The van der Waals surface area contributed by atoms with Gasteiger partial charge in [0, 0.05) is 41.1 Å². The summed E-state index contributed by atoms with van der Waals surface area (Å²) in [5.74, 6) is 0.196. The van der Waals surface area contributed by atoms with Crippen molar-refractivity contribution in [2.45, 2.75) is 51.4 Å². The maximum atomic E-state index is 13.3. The zero-order chi connectivity index (χ0) is 24.8. The number of phenols is 1. The molecule has 0 amide bonds. The molecule has 0 radical (unpaired) electrons. The summed E-state index contributed by atoms with van der Waals surface area (Å²) < 4.78 is 4.48. The van der Waals surface area contributed by atoms with Gasteiger partial charge in [-0.3, -0.25) is 9.69 Å². The van der Waals surface area contributed by atoms with Crippen molar-refractivity contribution in [2.75, 3.05) is 26.7 Å². The highest BCUT2D eigenvalue weighted by Crippen LogP contribution is 2.47. The van der Waals surface area contributed by atoms with Gasteiger partial charge >= 0.3 is 5.97 Å². The van der Waals surface area contributed by atoms with Crippen LogP contribution in [0.1, 0.15) is 37.4 Å². The Morgan fingerprint density at radius 1 is 1.29 bits per heavy atom. The third-order valence-electron chi connectivity index (χ3n) is 7.48. The number of aromatic hydroxyl groups is 1. The lowest BCUT2D eigenvalue weighted by atomic mass is 9.79. The van der Waals surface area contributed by atoms with Gasteiger partial charge in [0.05, 0.1) is 17.6 Å². The van der Waals surface area contributed by atoms with Crippen LogP contribution in [-0.2, 0) is 19.4 Å². The highest BCUT2D eigenvalue weighted by Gasteiger charge is 2.48. The second-order valence-electron chi connectivity index (χ2n) is 9.89. The summed E-state index contributed by atoms with van der Waals surface area (Å²) >= 11 is 3.81. The minimum absolute atomic E-state index is 0.189. The van der Waals surface area contributed by atoms with Crippen molar-refractivity contribution in [1.29, 1.82) is 0 Å². The average Bonchev–Trinajstić information content (AvgIpc) is 3.22. The van der Waals surface area contributed by atoms with Crippen LogP contribution in [0.5, 0.6) is 5.75 Å². The normalized spacial score (nSPS) is 28.6. The number of benzene rings is 2. The molecule has 5 rings (SSSR count). The van der Waals surface area contributed by atoms with Crippen LogP contribution in [0.3, 0.4) is 0 Å². The van der Waals surface area contributed by atoms with E-state index >= 15 is 0 Å². The van der Waals surface area contributed by atoms with E-state index in [-0.39, 0.29) is 17.6 Å².